The SMILES string of the molecule is COCC(=O)N(C)C1(c2nnnn2-c2ccc(Cl)cc2)CCCCC1. The van der Waals surface area contributed by atoms with Crippen LogP contribution in [0, 0.1) is 0 Å². The fraction of sp³-hybridized carbons (Fsp3) is 0.529. The summed E-state index contributed by atoms with van der Waals surface area (Å²) in [5.74, 6) is 0.608. The second-order valence-electron chi connectivity index (χ2n) is 6.37. The molecule has 0 spiro atoms. The zero-order valence-electron chi connectivity index (χ0n) is 14.5. The molecular formula is C17H22ClN5O2. The van der Waals surface area contributed by atoms with E-state index < -0.39 is 5.54 Å². The number of hydrogen-bond donors (Lipinski definition) is 0. The van der Waals surface area contributed by atoms with Crippen LogP contribution in [0.3, 0.4) is 0 Å². The molecule has 0 radical (unpaired) electrons. The van der Waals surface area contributed by atoms with Crippen LogP contribution in [0.2, 0.25) is 5.02 Å². The lowest BCUT2D eigenvalue weighted by Crippen LogP contribution is -2.51. The van der Waals surface area contributed by atoms with E-state index in [1.54, 1.807) is 21.7 Å². The van der Waals surface area contributed by atoms with Crippen LogP contribution in [0.15, 0.2) is 24.3 Å². The zero-order chi connectivity index (χ0) is 17.9. The largest absolute Gasteiger partial charge is 0.375 e. The van der Waals surface area contributed by atoms with Gasteiger partial charge in [0.2, 0.25) is 5.91 Å². The summed E-state index contributed by atoms with van der Waals surface area (Å²) in [6, 6.07) is 7.34. The van der Waals surface area contributed by atoms with E-state index in [-0.39, 0.29) is 12.5 Å². The Morgan fingerprint density at radius 2 is 1.96 bits per heavy atom. The highest BCUT2D eigenvalue weighted by molar-refractivity contribution is 6.30. The predicted octanol–water partition coefficient (Wildman–Crippen LogP) is 2.58. The van der Waals surface area contributed by atoms with E-state index in [4.69, 9.17) is 16.3 Å². The van der Waals surface area contributed by atoms with Crippen LogP contribution in [0.25, 0.3) is 5.69 Å². The van der Waals surface area contributed by atoms with E-state index >= 15 is 0 Å². The first-order valence-electron chi connectivity index (χ1n) is 8.39. The molecule has 3 rings (SSSR count). The maximum absolute atomic E-state index is 12.5. The Morgan fingerprint density at radius 1 is 1.28 bits per heavy atom. The molecular weight excluding hydrogens is 342 g/mol. The van der Waals surface area contributed by atoms with Gasteiger partial charge in [0.15, 0.2) is 5.82 Å². The summed E-state index contributed by atoms with van der Waals surface area (Å²) < 4.78 is 6.75. The van der Waals surface area contributed by atoms with E-state index in [1.807, 2.05) is 19.2 Å². The van der Waals surface area contributed by atoms with E-state index in [9.17, 15) is 4.79 Å². The monoisotopic (exact) mass is 363 g/mol. The molecule has 25 heavy (non-hydrogen) atoms. The number of tetrazole rings is 1. The van der Waals surface area contributed by atoms with Crippen molar-refractivity contribution in [3.05, 3.63) is 35.1 Å². The molecule has 1 saturated carbocycles. The van der Waals surface area contributed by atoms with Crippen LogP contribution in [-0.2, 0) is 15.1 Å². The van der Waals surface area contributed by atoms with Crippen LogP contribution in [0.1, 0.15) is 37.9 Å². The molecule has 7 nitrogen and oxygen atoms in total. The predicted molar refractivity (Wildman–Crippen MR) is 93.6 cm³/mol. The summed E-state index contributed by atoms with van der Waals surface area (Å²) in [6.45, 7) is 0.0424. The molecule has 0 bridgehead atoms. The first-order chi connectivity index (χ1) is 12.1. The Bertz CT molecular complexity index is 725. The third-order valence-corrected chi connectivity index (χ3v) is 5.17. The zero-order valence-corrected chi connectivity index (χ0v) is 15.2. The number of aromatic nitrogens is 4. The number of likely N-dealkylation sites (N-methyl/N-ethyl adjacent to an activating group) is 1. The number of ether oxygens (including phenoxy) is 1. The summed E-state index contributed by atoms with van der Waals surface area (Å²) in [5.41, 5.74) is 0.290. The smallest absolute Gasteiger partial charge is 0.249 e. The minimum absolute atomic E-state index is 0.0424. The van der Waals surface area contributed by atoms with Crippen LogP contribution < -0.4 is 0 Å². The van der Waals surface area contributed by atoms with E-state index in [2.05, 4.69) is 15.5 Å². The second-order valence-corrected chi connectivity index (χ2v) is 6.81. The maximum atomic E-state index is 12.5. The first-order valence-corrected chi connectivity index (χ1v) is 8.77. The Hall–Kier alpha value is -1.99. The van der Waals surface area contributed by atoms with Gasteiger partial charge in [-0.15, -0.1) is 5.10 Å². The number of halogens is 1. The molecule has 1 aliphatic carbocycles. The second kappa shape index (κ2) is 7.49. The lowest BCUT2D eigenvalue weighted by molar-refractivity contribution is -0.142. The molecule has 0 unspecified atom stereocenters. The van der Waals surface area contributed by atoms with Gasteiger partial charge in [0, 0.05) is 19.2 Å². The Morgan fingerprint density at radius 3 is 2.60 bits per heavy atom. The molecule has 134 valence electrons. The van der Waals surface area contributed by atoms with Crippen molar-refractivity contribution < 1.29 is 9.53 Å². The fourth-order valence-corrected chi connectivity index (χ4v) is 3.66. The Labute approximate surface area is 151 Å². The van der Waals surface area contributed by atoms with Gasteiger partial charge in [-0.2, -0.15) is 4.68 Å². The van der Waals surface area contributed by atoms with Gasteiger partial charge >= 0.3 is 0 Å². The third-order valence-electron chi connectivity index (χ3n) is 4.92. The number of hydrogen-bond acceptors (Lipinski definition) is 5. The summed E-state index contributed by atoms with van der Waals surface area (Å²) in [5, 5.41) is 13.0. The number of nitrogens with zero attached hydrogens (tertiary/aromatic N) is 5. The fourth-order valence-electron chi connectivity index (χ4n) is 3.54. The van der Waals surface area contributed by atoms with E-state index in [1.165, 1.54) is 7.11 Å². The molecule has 1 aromatic carbocycles. The first kappa shape index (κ1) is 17.8. The number of benzene rings is 1. The molecule has 8 heteroatoms. The number of carbonyl (C=O) groups excluding carboxylic acids is 1. The van der Waals surface area contributed by atoms with Crippen molar-refractivity contribution in [2.75, 3.05) is 20.8 Å². The van der Waals surface area contributed by atoms with Crippen molar-refractivity contribution in [3.8, 4) is 5.69 Å². The van der Waals surface area contributed by atoms with E-state index in [0.29, 0.717) is 10.8 Å². The van der Waals surface area contributed by atoms with Crippen molar-refractivity contribution in [2.24, 2.45) is 0 Å². The molecule has 0 N–H and O–H groups in total. The van der Waals surface area contributed by atoms with Gasteiger partial charge in [0.25, 0.3) is 0 Å². The maximum Gasteiger partial charge on any atom is 0.249 e. The van der Waals surface area contributed by atoms with Crippen molar-refractivity contribution in [1.29, 1.82) is 0 Å². The highest BCUT2D eigenvalue weighted by Crippen LogP contribution is 2.41. The molecule has 0 aliphatic heterocycles. The van der Waals surface area contributed by atoms with Crippen LogP contribution in [0.4, 0.5) is 0 Å². The summed E-state index contributed by atoms with van der Waals surface area (Å²) in [7, 11) is 3.34. The standard InChI is InChI=1S/C17H22ClN5O2/c1-22(15(24)12-25-2)17(10-4-3-5-11-17)16-19-20-21-23(16)14-8-6-13(18)7-9-14/h6-9H,3-5,10-12H2,1-2H3. The molecule has 1 amide bonds. The summed E-state index contributed by atoms with van der Waals surface area (Å²) >= 11 is 5.99. The van der Waals surface area contributed by atoms with Gasteiger partial charge in [0.05, 0.1) is 5.69 Å². The third kappa shape index (κ3) is 3.39. The molecule has 0 atom stereocenters. The van der Waals surface area contributed by atoms with Crippen molar-refractivity contribution in [3.63, 3.8) is 0 Å². The molecule has 1 aromatic heterocycles. The van der Waals surface area contributed by atoms with Crippen molar-refractivity contribution >= 4 is 17.5 Å². The molecule has 2 aromatic rings. The summed E-state index contributed by atoms with van der Waals surface area (Å²) in [6.07, 6.45) is 4.85. The quantitative estimate of drug-likeness (QED) is 0.816. The van der Waals surface area contributed by atoms with Crippen LogP contribution >= 0.6 is 11.6 Å². The van der Waals surface area contributed by atoms with Gasteiger partial charge in [-0.3, -0.25) is 4.79 Å². The number of carbonyl (C=O) groups is 1. The van der Waals surface area contributed by atoms with Crippen LogP contribution in [0.5, 0.6) is 0 Å². The average molecular weight is 364 g/mol. The Kier molecular flexibility index (Phi) is 5.34. The van der Waals surface area contributed by atoms with Crippen LogP contribution in [-0.4, -0.2) is 51.8 Å². The number of methoxy groups -OCH3 is 1. The van der Waals surface area contributed by atoms with E-state index in [0.717, 1.165) is 37.8 Å². The molecule has 1 heterocycles. The molecule has 1 fully saturated rings. The van der Waals surface area contributed by atoms with Crippen molar-refractivity contribution in [1.82, 2.24) is 25.1 Å². The summed E-state index contributed by atoms with van der Waals surface area (Å²) in [4.78, 5) is 14.3. The van der Waals surface area contributed by atoms with Gasteiger partial charge in [-0.05, 0) is 47.5 Å². The topological polar surface area (TPSA) is 73.1 Å². The van der Waals surface area contributed by atoms with Gasteiger partial charge in [-0.1, -0.05) is 30.9 Å². The van der Waals surface area contributed by atoms with Gasteiger partial charge < -0.3 is 9.64 Å². The Balaban J connectivity index is 2.05. The highest BCUT2D eigenvalue weighted by atomic mass is 35.5. The highest BCUT2D eigenvalue weighted by Gasteiger charge is 2.44. The lowest BCUT2D eigenvalue weighted by atomic mass is 9.79. The van der Waals surface area contributed by atoms with Gasteiger partial charge in [-0.25, -0.2) is 0 Å². The number of rotatable bonds is 5. The number of amides is 1. The molecule has 1 aliphatic rings. The normalized spacial score (nSPS) is 16.6. The van der Waals surface area contributed by atoms with Crippen molar-refractivity contribution in [2.45, 2.75) is 37.6 Å². The lowest BCUT2D eigenvalue weighted by Gasteiger charge is -2.43. The minimum Gasteiger partial charge on any atom is -0.375 e. The van der Waals surface area contributed by atoms with Gasteiger partial charge in [0.1, 0.15) is 12.1 Å². The average Bonchev–Trinajstić information content (AvgIpc) is 3.13. The molecule has 0 saturated heterocycles. The minimum atomic E-state index is -0.531.